The van der Waals surface area contributed by atoms with Gasteiger partial charge in [-0.2, -0.15) is 0 Å². The molecule has 0 fully saturated rings. The van der Waals surface area contributed by atoms with Crippen molar-refractivity contribution < 1.29 is 9.53 Å². The Morgan fingerprint density at radius 1 is 1.60 bits per heavy atom. The number of carbonyl (C=O) groups excluding carboxylic acids is 1. The minimum atomic E-state index is -0.452. The van der Waals surface area contributed by atoms with E-state index >= 15 is 0 Å². The number of rotatable bonds is 2. The molecule has 0 spiro atoms. The van der Waals surface area contributed by atoms with Crippen molar-refractivity contribution in [1.29, 1.82) is 0 Å². The molecule has 0 bridgehead atoms. The number of methoxy groups -OCH3 is 1. The van der Waals surface area contributed by atoms with Crippen LogP contribution in [-0.4, -0.2) is 13.0 Å². The molecular weight excluding hydrogens is 214 g/mol. The molecule has 0 aliphatic heterocycles. The number of primary amides is 1. The maximum absolute atomic E-state index is 10.4. The SMILES string of the molecule is COc1ccc(C#CCC(N)=O)c(Cl)c1. The molecule has 0 radical (unpaired) electrons. The van der Waals surface area contributed by atoms with Crippen molar-refractivity contribution in [3.63, 3.8) is 0 Å². The maximum Gasteiger partial charge on any atom is 0.229 e. The second-order valence-corrected chi connectivity index (χ2v) is 3.20. The normalized spacial score (nSPS) is 8.93. The lowest BCUT2D eigenvalue weighted by Crippen LogP contribution is -2.08. The van der Waals surface area contributed by atoms with Crippen LogP contribution in [0, 0.1) is 11.8 Å². The van der Waals surface area contributed by atoms with E-state index in [-0.39, 0.29) is 6.42 Å². The van der Waals surface area contributed by atoms with Gasteiger partial charge in [-0.1, -0.05) is 23.4 Å². The molecule has 1 amide bonds. The first kappa shape index (κ1) is 11.4. The summed E-state index contributed by atoms with van der Waals surface area (Å²) in [7, 11) is 1.56. The van der Waals surface area contributed by atoms with Gasteiger partial charge < -0.3 is 10.5 Å². The number of halogens is 1. The van der Waals surface area contributed by atoms with E-state index in [1.165, 1.54) is 0 Å². The minimum absolute atomic E-state index is 0.0301. The van der Waals surface area contributed by atoms with E-state index in [0.717, 1.165) is 0 Å². The molecule has 4 heteroatoms. The molecule has 1 aromatic rings. The summed E-state index contributed by atoms with van der Waals surface area (Å²) < 4.78 is 4.99. The van der Waals surface area contributed by atoms with Crippen LogP contribution < -0.4 is 10.5 Å². The average Bonchev–Trinajstić information content (AvgIpc) is 2.20. The highest BCUT2D eigenvalue weighted by Gasteiger charge is 1.98. The number of hydrogen-bond donors (Lipinski definition) is 1. The lowest BCUT2D eigenvalue weighted by Gasteiger charge is -2.00. The average molecular weight is 224 g/mol. The lowest BCUT2D eigenvalue weighted by atomic mass is 10.2. The van der Waals surface area contributed by atoms with E-state index in [1.54, 1.807) is 25.3 Å². The van der Waals surface area contributed by atoms with Crippen molar-refractivity contribution >= 4 is 17.5 Å². The summed E-state index contributed by atoms with van der Waals surface area (Å²) in [6.07, 6.45) is 0.0301. The molecule has 0 heterocycles. The molecule has 0 aliphatic rings. The molecule has 0 atom stereocenters. The van der Waals surface area contributed by atoms with Crippen molar-refractivity contribution in [3.05, 3.63) is 28.8 Å². The third-order valence-electron chi connectivity index (χ3n) is 1.66. The summed E-state index contributed by atoms with van der Waals surface area (Å²) in [6.45, 7) is 0. The van der Waals surface area contributed by atoms with Crippen LogP contribution in [0.5, 0.6) is 5.75 Å². The molecular formula is C11H10ClNO2. The van der Waals surface area contributed by atoms with Gasteiger partial charge in [-0.3, -0.25) is 4.79 Å². The molecule has 0 aromatic heterocycles. The molecule has 0 aliphatic carbocycles. The van der Waals surface area contributed by atoms with E-state index in [4.69, 9.17) is 22.1 Å². The molecule has 1 aromatic carbocycles. The quantitative estimate of drug-likeness (QED) is 0.774. The number of hydrogen-bond acceptors (Lipinski definition) is 2. The van der Waals surface area contributed by atoms with Crippen LogP contribution >= 0.6 is 11.6 Å². The Hall–Kier alpha value is -1.66. The van der Waals surface area contributed by atoms with E-state index in [2.05, 4.69) is 11.8 Å². The lowest BCUT2D eigenvalue weighted by molar-refractivity contribution is -0.117. The van der Waals surface area contributed by atoms with E-state index in [9.17, 15) is 4.79 Å². The highest BCUT2D eigenvalue weighted by molar-refractivity contribution is 6.31. The monoisotopic (exact) mass is 223 g/mol. The Labute approximate surface area is 93.2 Å². The van der Waals surface area contributed by atoms with E-state index < -0.39 is 5.91 Å². The number of nitrogens with two attached hydrogens (primary N) is 1. The zero-order valence-corrected chi connectivity index (χ0v) is 8.97. The van der Waals surface area contributed by atoms with Gasteiger partial charge in [0.15, 0.2) is 0 Å². The van der Waals surface area contributed by atoms with Crippen LogP contribution in [0.3, 0.4) is 0 Å². The predicted molar refractivity (Wildman–Crippen MR) is 58.7 cm³/mol. The van der Waals surface area contributed by atoms with Crippen LogP contribution in [0.1, 0.15) is 12.0 Å². The fraction of sp³-hybridized carbons (Fsp3) is 0.182. The van der Waals surface area contributed by atoms with Crippen LogP contribution in [0.2, 0.25) is 5.02 Å². The van der Waals surface area contributed by atoms with E-state index in [1.807, 2.05) is 0 Å². The molecule has 1 rings (SSSR count). The third kappa shape index (κ3) is 3.53. The zero-order chi connectivity index (χ0) is 11.3. The van der Waals surface area contributed by atoms with Crippen LogP contribution in [-0.2, 0) is 4.79 Å². The molecule has 3 nitrogen and oxygen atoms in total. The predicted octanol–water partition coefficient (Wildman–Crippen LogP) is 1.58. The summed E-state index contributed by atoms with van der Waals surface area (Å²) in [5.41, 5.74) is 5.60. The van der Waals surface area contributed by atoms with Gasteiger partial charge in [0.25, 0.3) is 0 Å². The molecule has 0 saturated carbocycles. The summed E-state index contributed by atoms with van der Waals surface area (Å²) in [5, 5.41) is 0.492. The Kier molecular flexibility index (Phi) is 4.02. The molecule has 78 valence electrons. The Bertz CT molecular complexity index is 432. The fourth-order valence-corrected chi connectivity index (χ4v) is 1.17. The Morgan fingerprint density at radius 2 is 2.33 bits per heavy atom. The largest absolute Gasteiger partial charge is 0.497 e. The zero-order valence-electron chi connectivity index (χ0n) is 8.21. The van der Waals surface area contributed by atoms with Gasteiger partial charge in [-0.05, 0) is 18.2 Å². The van der Waals surface area contributed by atoms with Crippen LogP contribution in [0.15, 0.2) is 18.2 Å². The molecule has 0 saturated heterocycles. The number of carbonyl (C=O) groups is 1. The van der Waals surface area contributed by atoms with Crippen molar-refractivity contribution in [2.75, 3.05) is 7.11 Å². The van der Waals surface area contributed by atoms with Crippen molar-refractivity contribution in [3.8, 4) is 17.6 Å². The van der Waals surface area contributed by atoms with Gasteiger partial charge in [0.05, 0.1) is 18.6 Å². The second-order valence-electron chi connectivity index (χ2n) is 2.79. The number of amides is 1. The van der Waals surface area contributed by atoms with Crippen LogP contribution in [0.25, 0.3) is 0 Å². The first-order valence-corrected chi connectivity index (χ1v) is 4.62. The second kappa shape index (κ2) is 5.28. The Morgan fingerprint density at radius 3 is 2.87 bits per heavy atom. The summed E-state index contributed by atoms with van der Waals surface area (Å²) >= 11 is 5.92. The van der Waals surface area contributed by atoms with Gasteiger partial charge in [0, 0.05) is 5.56 Å². The highest BCUT2D eigenvalue weighted by Crippen LogP contribution is 2.21. The first-order chi connectivity index (χ1) is 7.13. The highest BCUT2D eigenvalue weighted by atomic mass is 35.5. The van der Waals surface area contributed by atoms with Gasteiger partial charge >= 0.3 is 0 Å². The van der Waals surface area contributed by atoms with Crippen molar-refractivity contribution in [2.24, 2.45) is 5.73 Å². The minimum Gasteiger partial charge on any atom is -0.497 e. The van der Waals surface area contributed by atoms with Gasteiger partial charge in [-0.15, -0.1) is 0 Å². The van der Waals surface area contributed by atoms with Crippen LogP contribution in [0.4, 0.5) is 0 Å². The topological polar surface area (TPSA) is 52.3 Å². The van der Waals surface area contributed by atoms with Crippen molar-refractivity contribution in [1.82, 2.24) is 0 Å². The summed E-state index contributed by atoms with van der Waals surface area (Å²) in [5.74, 6) is 5.60. The summed E-state index contributed by atoms with van der Waals surface area (Å²) in [4.78, 5) is 10.4. The molecule has 0 unspecified atom stereocenters. The van der Waals surface area contributed by atoms with Gasteiger partial charge in [-0.25, -0.2) is 0 Å². The summed E-state index contributed by atoms with van der Waals surface area (Å²) in [6, 6.07) is 5.14. The Balaban J connectivity index is 2.85. The number of benzene rings is 1. The maximum atomic E-state index is 10.4. The molecule has 2 N–H and O–H groups in total. The van der Waals surface area contributed by atoms with Gasteiger partial charge in [0.1, 0.15) is 5.75 Å². The standard InChI is InChI=1S/C11H10ClNO2/c1-15-9-6-5-8(10(12)7-9)3-2-4-11(13)14/h5-7H,4H2,1H3,(H2,13,14). The van der Waals surface area contributed by atoms with E-state index in [0.29, 0.717) is 16.3 Å². The number of ether oxygens (including phenoxy) is 1. The fourth-order valence-electron chi connectivity index (χ4n) is 0.951. The molecule has 15 heavy (non-hydrogen) atoms. The van der Waals surface area contributed by atoms with Gasteiger partial charge in [0.2, 0.25) is 5.91 Å². The smallest absolute Gasteiger partial charge is 0.229 e. The third-order valence-corrected chi connectivity index (χ3v) is 1.97. The van der Waals surface area contributed by atoms with Crippen molar-refractivity contribution in [2.45, 2.75) is 6.42 Å². The first-order valence-electron chi connectivity index (χ1n) is 4.24.